The van der Waals surface area contributed by atoms with Crippen molar-refractivity contribution >= 4 is 65.9 Å². The van der Waals surface area contributed by atoms with E-state index in [4.69, 9.17) is 11.6 Å². The van der Waals surface area contributed by atoms with Crippen LogP contribution in [0, 0.1) is 12.8 Å². The Kier molecular flexibility index (Phi) is 7.92. The van der Waals surface area contributed by atoms with Crippen LogP contribution >= 0.6 is 34.7 Å². The van der Waals surface area contributed by atoms with Crippen LogP contribution in [-0.2, 0) is 11.2 Å². The summed E-state index contributed by atoms with van der Waals surface area (Å²) in [5, 5.41) is 6.03. The zero-order valence-electron chi connectivity index (χ0n) is 17.7. The number of halogens is 1. The van der Waals surface area contributed by atoms with E-state index in [9.17, 15) is 4.79 Å². The van der Waals surface area contributed by atoms with Gasteiger partial charge in [0.2, 0.25) is 0 Å². The van der Waals surface area contributed by atoms with Crippen LogP contribution in [0.3, 0.4) is 0 Å². The molecule has 0 aliphatic carbocycles. The third kappa shape index (κ3) is 6.56. The normalized spacial score (nSPS) is 12.0. The van der Waals surface area contributed by atoms with Crippen molar-refractivity contribution in [2.75, 3.05) is 11.9 Å². The van der Waals surface area contributed by atoms with Gasteiger partial charge >= 0.3 is 0 Å². The van der Waals surface area contributed by atoms with Crippen LogP contribution < -0.4 is 5.32 Å². The summed E-state index contributed by atoms with van der Waals surface area (Å²) >= 11 is 9.05. The van der Waals surface area contributed by atoms with Crippen molar-refractivity contribution in [2.24, 2.45) is 10.9 Å². The van der Waals surface area contributed by atoms with Gasteiger partial charge in [-0.25, -0.2) is 9.98 Å². The molecule has 1 heterocycles. The van der Waals surface area contributed by atoms with Crippen LogP contribution in [0.4, 0.5) is 10.8 Å². The first kappa shape index (κ1) is 22.8. The summed E-state index contributed by atoms with van der Waals surface area (Å²) in [4.78, 5) is 21.1. The van der Waals surface area contributed by atoms with Crippen LogP contribution in [0.25, 0.3) is 10.2 Å². The number of nitrogens with one attached hydrogen (secondary N) is 1. The molecule has 0 fully saturated rings. The maximum Gasteiger partial charge on any atom is 0.195 e. The minimum Gasteiger partial charge on any atom is -0.361 e. The average molecular weight is 460 g/mol. The summed E-state index contributed by atoms with van der Waals surface area (Å²) in [7, 11) is 0. The zero-order valence-corrected chi connectivity index (χ0v) is 20.0. The fourth-order valence-electron chi connectivity index (χ4n) is 2.92. The molecule has 0 atom stereocenters. The molecule has 0 amide bonds. The number of fused-ring (bicyclic) bond motifs is 1. The number of thioether (sulfide) groups is 1. The second-order valence-corrected chi connectivity index (χ2v) is 10.3. The summed E-state index contributed by atoms with van der Waals surface area (Å²) in [6, 6.07) is 12.1. The fraction of sp³-hybridized carbons (Fsp3) is 0.348. The van der Waals surface area contributed by atoms with E-state index in [-0.39, 0.29) is 5.12 Å². The van der Waals surface area contributed by atoms with Crippen molar-refractivity contribution in [2.45, 2.75) is 40.5 Å². The third-order valence-electron chi connectivity index (χ3n) is 4.42. The number of rotatable bonds is 7. The molecule has 3 rings (SSSR count). The highest BCUT2D eigenvalue weighted by Crippen LogP contribution is 2.30. The molecule has 0 aliphatic heterocycles. The second-order valence-electron chi connectivity index (χ2n) is 7.63. The van der Waals surface area contributed by atoms with Gasteiger partial charge < -0.3 is 5.32 Å². The summed E-state index contributed by atoms with van der Waals surface area (Å²) in [6.45, 7) is 8.77. The van der Waals surface area contributed by atoms with Crippen molar-refractivity contribution in [1.29, 1.82) is 0 Å². The highest BCUT2D eigenvalue weighted by Gasteiger charge is 2.08. The van der Waals surface area contributed by atoms with Crippen LogP contribution in [0.2, 0.25) is 5.02 Å². The summed E-state index contributed by atoms with van der Waals surface area (Å²) in [5.41, 5.74) is 4.11. The third-order valence-corrected chi connectivity index (χ3v) is 6.58. The molecule has 0 unspecified atom stereocenters. The minimum absolute atomic E-state index is 0.168. The quantitative estimate of drug-likeness (QED) is 0.298. The van der Waals surface area contributed by atoms with Gasteiger partial charge in [-0.3, -0.25) is 4.79 Å². The van der Waals surface area contributed by atoms with E-state index >= 15 is 0 Å². The first-order valence-corrected chi connectivity index (χ1v) is 12.0. The fourth-order valence-corrected chi connectivity index (χ4v) is 4.96. The van der Waals surface area contributed by atoms with Crippen molar-refractivity contribution < 1.29 is 4.79 Å². The van der Waals surface area contributed by atoms with E-state index in [0.29, 0.717) is 12.3 Å². The van der Waals surface area contributed by atoms with Crippen LogP contribution in [-0.4, -0.2) is 21.7 Å². The van der Waals surface area contributed by atoms with Crippen LogP contribution in [0.15, 0.2) is 41.4 Å². The molecule has 0 saturated carbocycles. The number of nitrogens with zero attached hydrogens (tertiary/aromatic N) is 2. The molecule has 0 radical (unpaired) electrons. The maximum atomic E-state index is 11.9. The Labute approximate surface area is 191 Å². The lowest BCUT2D eigenvalue weighted by Crippen LogP contribution is -2.04. The van der Waals surface area contributed by atoms with Crippen LogP contribution in [0.1, 0.15) is 38.3 Å². The summed E-state index contributed by atoms with van der Waals surface area (Å²) in [6.07, 6.45) is 1.46. The summed E-state index contributed by atoms with van der Waals surface area (Å²) in [5.74, 6) is 0.371. The number of hydrogen-bond donors (Lipinski definition) is 1. The molecule has 158 valence electrons. The lowest BCUT2D eigenvalue weighted by atomic mass is 10.1. The Hall–Kier alpha value is -1.89. The van der Waals surface area contributed by atoms with E-state index in [1.165, 1.54) is 17.3 Å². The largest absolute Gasteiger partial charge is 0.361 e. The molecule has 2 aromatic carbocycles. The monoisotopic (exact) mass is 459 g/mol. The first-order chi connectivity index (χ1) is 14.3. The standard InChI is InChI=1S/C23H26ClN3OS2/c1-14(2)11-22(28)29-16(4)26-18-7-5-17(6-8-18)9-10-25-23-27-20-12-15(3)19(24)13-21(20)30-23/h5-8,12-14H,9-11H2,1-4H3,(H,25,27). The molecule has 0 saturated heterocycles. The van der Waals surface area contributed by atoms with Gasteiger partial charge in [-0.05, 0) is 73.3 Å². The van der Waals surface area contributed by atoms with Gasteiger partial charge in [0, 0.05) is 18.0 Å². The van der Waals surface area contributed by atoms with Crippen LogP contribution in [0.5, 0.6) is 0 Å². The first-order valence-electron chi connectivity index (χ1n) is 9.95. The highest BCUT2D eigenvalue weighted by molar-refractivity contribution is 8.26. The van der Waals surface area contributed by atoms with E-state index in [1.54, 1.807) is 11.3 Å². The number of aryl methyl sites for hydroxylation is 1. The highest BCUT2D eigenvalue weighted by atomic mass is 35.5. The average Bonchev–Trinajstić information content (AvgIpc) is 3.04. The summed E-state index contributed by atoms with van der Waals surface area (Å²) < 4.78 is 1.09. The van der Waals surface area contributed by atoms with Gasteiger partial charge in [0.25, 0.3) is 0 Å². The Bertz CT molecular complexity index is 1020. The lowest BCUT2D eigenvalue weighted by Gasteiger charge is -2.05. The van der Waals surface area contributed by atoms with Gasteiger partial charge in [-0.2, -0.15) is 0 Å². The van der Waals surface area contributed by atoms with Crippen molar-refractivity contribution in [1.82, 2.24) is 4.98 Å². The molecule has 4 nitrogen and oxygen atoms in total. The van der Waals surface area contributed by atoms with E-state index in [0.717, 1.165) is 49.6 Å². The Morgan fingerprint density at radius 1 is 1.27 bits per heavy atom. The maximum absolute atomic E-state index is 11.9. The van der Waals surface area contributed by atoms with Gasteiger partial charge in [-0.15, -0.1) is 0 Å². The molecule has 0 bridgehead atoms. The number of benzene rings is 2. The van der Waals surface area contributed by atoms with Gasteiger partial charge in [0.1, 0.15) is 0 Å². The Balaban J connectivity index is 1.52. The number of thiazole rings is 1. The van der Waals surface area contributed by atoms with Crippen molar-refractivity contribution in [3.05, 3.63) is 52.5 Å². The SMILES string of the molecule is CC(=Nc1ccc(CCNc2nc3cc(C)c(Cl)cc3s2)cc1)SC(=O)CC(C)C. The molecule has 0 aliphatic rings. The minimum atomic E-state index is 0.168. The molecule has 3 aromatic rings. The molecule has 1 N–H and O–H groups in total. The molecule has 1 aromatic heterocycles. The van der Waals surface area contributed by atoms with Crippen molar-refractivity contribution in [3.63, 3.8) is 0 Å². The number of carbonyl (C=O) groups is 1. The Morgan fingerprint density at radius 3 is 2.70 bits per heavy atom. The van der Waals surface area contributed by atoms with Gasteiger partial charge in [0.15, 0.2) is 10.2 Å². The number of aromatic nitrogens is 1. The molecular formula is C23H26ClN3OS2. The predicted octanol–water partition coefficient (Wildman–Crippen LogP) is 7.27. The molecular weight excluding hydrogens is 434 g/mol. The molecule has 7 heteroatoms. The van der Waals surface area contributed by atoms with Crippen molar-refractivity contribution in [3.8, 4) is 0 Å². The van der Waals surface area contributed by atoms with Gasteiger partial charge in [0.05, 0.1) is 20.9 Å². The second kappa shape index (κ2) is 10.4. The predicted molar refractivity (Wildman–Crippen MR) is 133 cm³/mol. The number of aliphatic imine (C=N–C) groups is 1. The topological polar surface area (TPSA) is 54.4 Å². The van der Waals surface area contributed by atoms with E-state index < -0.39 is 0 Å². The number of hydrogen-bond acceptors (Lipinski definition) is 6. The smallest absolute Gasteiger partial charge is 0.195 e. The molecule has 0 spiro atoms. The lowest BCUT2D eigenvalue weighted by molar-refractivity contribution is -0.111. The number of carbonyl (C=O) groups excluding carboxylic acids is 1. The number of anilines is 1. The Morgan fingerprint density at radius 2 is 2.00 bits per heavy atom. The van der Waals surface area contributed by atoms with E-state index in [1.807, 2.05) is 52.0 Å². The van der Waals surface area contributed by atoms with Gasteiger partial charge in [-0.1, -0.05) is 48.9 Å². The molecule has 30 heavy (non-hydrogen) atoms. The van der Waals surface area contributed by atoms with E-state index in [2.05, 4.69) is 27.4 Å². The zero-order chi connectivity index (χ0) is 21.7.